The lowest BCUT2D eigenvalue weighted by Gasteiger charge is -2.26. The van der Waals surface area contributed by atoms with Crippen LogP contribution in [0.3, 0.4) is 0 Å². The van der Waals surface area contributed by atoms with Crippen molar-refractivity contribution in [3.8, 4) is 0 Å². The van der Waals surface area contributed by atoms with Crippen LogP contribution in [0.1, 0.15) is 53.4 Å². The molecule has 2 atom stereocenters. The smallest absolute Gasteiger partial charge is 0.328 e. The van der Waals surface area contributed by atoms with Crippen LogP contribution < -0.4 is 5.32 Å². The lowest BCUT2D eigenvalue weighted by atomic mass is 9.84. The molecule has 4 heteroatoms. The highest BCUT2D eigenvalue weighted by atomic mass is 16.5. The molecule has 0 aromatic carbocycles. The van der Waals surface area contributed by atoms with Gasteiger partial charge < -0.3 is 10.1 Å². The fourth-order valence-corrected chi connectivity index (χ4v) is 2.07. The molecular weight excluding hydrogens is 230 g/mol. The van der Waals surface area contributed by atoms with E-state index in [2.05, 4.69) is 19.2 Å². The van der Waals surface area contributed by atoms with E-state index in [1.54, 1.807) is 6.92 Å². The van der Waals surface area contributed by atoms with E-state index in [1.807, 2.05) is 6.92 Å². The third-order valence-electron chi connectivity index (χ3n) is 3.31. The summed E-state index contributed by atoms with van der Waals surface area (Å²) in [6, 6.07) is -0.548. The highest BCUT2D eigenvalue weighted by molar-refractivity contribution is 5.85. The molecule has 4 nitrogen and oxygen atoms in total. The van der Waals surface area contributed by atoms with Crippen LogP contribution >= 0.6 is 0 Å². The number of ether oxygens (including phenoxy) is 1. The molecule has 0 unspecified atom stereocenters. The van der Waals surface area contributed by atoms with Crippen LogP contribution in [0.4, 0.5) is 0 Å². The average Bonchev–Trinajstić information content (AvgIpc) is 2.12. The van der Waals surface area contributed by atoms with Crippen LogP contribution in [-0.4, -0.2) is 24.0 Å². The summed E-state index contributed by atoms with van der Waals surface area (Å²) in [5, 5.41) is 2.73. The van der Waals surface area contributed by atoms with Crippen LogP contribution in [0.25, 0.3) is 0 Å². The fourth-order valence-electron chi connectivity index (χ4n) is 2.07. The van der Waals surface area contributed by atoms with Gasteiger partial charge in [0.2, 0.25) is 5.91 Å². The molecule has 0 heterocycles. The molecule has 0 spiro atoms. The van der Waals surface area contributed by atoms with Gasteiger partial charge in [-0.1, -0.05) is 20.3 Å². The monoisotopic (exact) mass is 255 g/mol. The maximum Gasteiger partial charge on any atom is 0.328 e. The number of rotatable bonds is 6. The van der Waals surface area contributed by atoms with Gasteiger partial charge in [-0.3, -0.25) is 4.79 Å². The first-order chi connectivity index (χ1) is 8.40. The molecule has 1 amide bonds. The number of carbonyl (C=O) groups excluding carboxylic acids is 2. The van der Waals surface area contributed by atoms with Crippen molar-refractivity contribution < 1.29 is 14.3 Å². The minimum atomic E-state index is -0.548. The van der Waals surface area contributed by atoms with E-state index in [-0.39, 0.29) is 23.9 Å². The first-order valence-electron chi connectivity index (χ1n) is 6.91. The molecule has 1 rings (SSSR count). The Morgan fingerprint density at radius 2 is 1.83 bits per heavy atom. The second-order valence-electron chi connectivity index (χ2n) is 5.74. The fraction of sp³-hybridized carbons (Fsp3) is 0.857. The molecule has 0 radical (unpaired) electrons. The second kappa shape index (κ2) is 6.76. The lowest BCUT2D eigenvalue weighted by Crippen LogP contribution is -2.44. The van der Waals surface area contributed by atoms with Crippen molar-refractivity contribution in [3.63, 3.8) is 0 Å². The highest BCUT2D eigenvalue weighted by Gasteiger charge is 2.28. The van der Waals surface area contributed by atoms with Crippen LogP contribution in [0.15, 0.2) is 0 Å². The van der Waals surface area contributed by atoms with Gasteiger partial charge in [-0.15, -0.1) is 0 Å². The number of hydrogen-bond donors (Lipinski definition) is 1. The summed E-state index contributed by atoms with van der Waals surface area (Å²) in [5.74, 6) is 0.249. The van der Waals surface area contributed by atoms with Crippen LogP contribution in [0.5, 0.6) is 0 Å². The predicted octanol–water partition coefficient (Wildman–Crippen LogP) is 2.27. The molecule has 1 N–H and O–H groups in total. The summed E-state index contributed by atoms with van der Waals surface area (Å²) in [7, 11) is 0. The third-order valence-corrected chi connectivity index (χ3v) is 3.31. The Morgan fingerprint density at radius 1 is 1.22 bits per heavy atom. The number of hydrogen-bond acceptors (Lipinski definition) is 3. The number of amides is 1. The van der Waals surface area contributed by atoms with E-state index in [0.29, 0.717) is 5.92 Å². The predicted molar refractivity (Wildman–Crippen MR) is 70.0 cm³/mol. The Labute approximate surface area is 109 Å². The van der Waals surface area contributed by atoms with Crippen LogP contribution in [0, 0.1) is 11.8 Å². The van der Waals surface area contributed by atoms with Crippen LogP contribution in [0.2, 0.25) is 0 Å². The molecule has 0 aromatic heterocycles. The molecule has 0 aromatic rings. The number of esters is 1. The van der Waals surface area contributed by atoms with Gasteiger partial charge in [0.1, 0.15) is 6.04 Å². The van der Waals surface area contributed by atoms with Gasteiger partial charge in [-0.05, 0) is 39.0 Å². The Hall–Kier alpha value is -1.06. The summed E-state index contributed by atoms with van der Waals surface area (Å²) in [6.07, 6.45) is 3.74. The normalized spacial score (nSPS) is 18.9. The molecule has 1 aliphatic rings. The van der Waals surface area contributed by atoms with Gasteiger partial charge in [0, 0.05) is 5.92 Å². The second-order valence-corrected chi connectivity index (χ2v) is 5.74. The Kier molecular flexibility index (Phi) is 5.63. The van der Waals surface area contributed by atoms with E-state index < -0.39 is 6.04 Å². The topological polar surface area (TPSA) is 55.4 Å². The van der Waals surface area contributed by atoms with E-state index in [9.17, 15) is 9.59 Å². The highest BCUT2D eigenvalue weighted by Crippen LogP contribution is 2.26. The van der Waals surface area contributed by atoms with Crippen molar-refractivity contribution in [3.05, 3.63) is 0 Å². The van der Waals surface area contributed by atoms with Gasteiger partial charge in [0.25, 0.3) is 0 Å². The molecule has 0 saturated heterocycles. The summed E-state index contributed by atoms with van der Waals surface area (Å²) in [5.41, 5.74) is 0. The van der Waals surface area contributed by atoms with E-state index in [1.165, 1.54) is 0 Å². The first-order valence-corrected chi connectivity index (χ1v) is 6.91. The summed E-state index contributed by atoms with van der Waals surface area (Å²) in [4.78, 5) is 23.4. The average molecular weight is 255 g/mol. The lowest BCUT2D eigenvalue weighted by molar-refractivity contribution is -0.152. The minimum absolute atomic E-state index is 0.0118. The quantitative estimate of drug-likeness (QED) is 0.741. The van der Waals surface area contributed by atoms with Crippen molar-refractivity contribution in [1.29, 1.82) is 0 Å². The summed E-state index contributed by atoms with van der Waals surface area (Å²) >= 11 is 0. The molecule has 1 saturated carbocycles. The van der Waals surface area contributed by atoms with Crippen molar-refractivity contribution in [2.75, 3.05) is 0 Å². The zero-order chi connectivity index (χ0) is 13.7. The Bertz CT molecular complexity index is 297. The number of carbonyl (C=O) groups is 2. The summed E-state index contributed by atoms with van der Waals surface area (Å²) in [6.45, 7) is 7.75. The maximum atomic E-state index is 11.8. The van der Waals surface area contributed by atoms with E-state index >= 15 is 0 Å². The van der Waals surface area contributed by atoms with Crippen molar-refractivity contribution in [1.82, 2.24) is 5.32 Å². The van der Waals surface area contributed by atoms with Gasteiger partial charge >= 0.3 is 5.97 Å². The van der Waals surface area contributed by atoms with E-state index in [4.69, 9.17) is 4.74 Å². The maximum absolute atomic E-state index is 11.8. The van der Waals surface area contributed by atoms with Gasteiger partial charge in [-0.25, -0.2) is 4.79 Å². The standard InChI is InChI=1S/C14H25NO3/c1-9(2)8-10(3)18-14(17)11(4)15-13(16)12-6-5-7-12/h9-12H,5-8H2,1-4H3,(H,15,16)/t10-,11-/m0/s1. The zero-order valence-corrected chi connectivity index (χ0v) is 11.9. The molecule has 1 fully saturated rings. The van der Waals surface area contributed by atoms with Crippen LogP contribution in [-0.2, 0) is 14.3 Å². The molecular formula is C14H25NO3. The third kappa shape index (κ3) is 4.67. The Morgan fingerprint density at radius 3 is 2.28 bits per heavy atom. The molecule has 0 aliphatic heterocycles. The van der Waals surface area contributed by atoms with Gasteiger partial charge in [0.15, 0.2) is 0 Å². The minimum Gasteiger partial charge on any atom is -0.461 e. The summed E-state index contributed by atoms with van der Waals surface area (Å²) < 4.78 is 5.30. The molecule has 0 bridgehead atoms. The number of nitrogens with one attached hydrogen (secondary N) is 1. The zero-order valence-electron chi connectivity index (χ0n) is 11.9. The van der Waals surface area contributed by atoms with Gasteiger partial charge in [0.05, 0.1) is 6.10 Å². The largest absolute Gasteiger partial charge is 0.461 e. The Balaban J connectivity index is 2.29. The molecule has 1 aliphatic carbocycles. The first kappa shape index (κ1) is 15.0. The van der Waals surface area contributed by atoms with E-state index in [0.717, 1.165) is 25.7 Å². The van der Waals surface area contributed by atoms with Crippen molar-refractivity contribution in [2.45, 2.75) is 65.5 Å². The SMILES string of the molecule is CC(C)C[C@H](C)OC(=O)[C@H](C)NC(=O)C1CCC1. The van der Waals surface area contributed by atoms with Crippen molar-refractivity contribution >= 4 is 11.9 Å². The van der Waals surface area contributed by atoms with Crippen molar-refractivity contribution in [2.24, 2.45) is 11.8 Å². The molecule has 104 valence electrons. The van der Waals surface area contributed by atoms with Gasteiger partial charge in [-0.2, -0.15) is 0 Å². The molecule has 18 heavy (non-hydrogen) atoms.